The zero-order chi connectivity index (χ0) is 21.1. The number of rotatable bonds is 6. The predicted molar refractivity (Wildman–Crippen MR) is 105 cm³/mol. The fourth-order valence-corrected chi connectivity index (χ4v) is 3.02. The number of esters is 1. The maximum Gasteiger partial charge on any atom is 0.358 e. The van der Waals surface area contributed by atoms with Crippen molar-refractivity contribution in [2.45, 2.75) is 6.92 Å². The lowest BCUT2D eigenvalue weighted by molar-refractivity contribution is 0.0592. The molecule has 0 aliphatic rings. The van der Waals surface area contributed by atoms with Gasteiger partial charge in [-0.3, -0.25) is 0 Å². The summed E-state index contributed by atoms with van der Waals surface area (Å²) in [6.45, 7) is 1.82. The summed E-state index contributed by atoms with van der Waals surface area (Å²) in [5.74, 6) is -0.670. The quantitative estimate of drug-likeness (QED) is 0.638. The zero-order valence-electron chi connectivity index (χ0n) is 16.4. The molecular weight excluding hydrogens is 376 g/mol. The van der Waals surface area contributed by atoms with Crippen molar-refractivity contribution in [2.75, 3.05) is 21.3 Å². The first-order chi connectivity index (χ1) is 13.9. The average molecular weight is 396 g/mol. The highest BCUT2D eigenvalue weighted by Gasteiger charge is 2.23. The van der Waals surface area contributed by atoms with Crippen LogP contribution in [0.15, 0.2) is 42.5 Å². The Balaban J connectivity index is 2.36. The number of benzene rings is 2. The van der Waals surface area contributed by atoms with Crippen molar-refractivity contribution in [1.29, 1.82) is 0 Å². The molecule has 1 N–H and O–H groups in total. The molecule has 0 atom stereocenters. The van der Waals surface area contributed by atoms with Gasteiger partial charge in [0, 0.05) is 0 Å². The molecule has 0 unspecified atom stereocenters. The number of carbonyl (C=O) groups excluding carboxylic acids is 1. The van der Waals surface area contributed by atoms with Crippen LogP contribution in [0.5, 0.6) is 11.5 Å². The number of hydrogen-bond donors (Lipinski definition) is 1. The number of aromatic carboxylic acids is 1. The highest BCUT2D eigenvalue weighted by molar-refractivity contribution is 5.91. The molecule has 3 rings (SSSR count). The summed E-state index contributed by atoms with van der Waals surface area (Å²) >= 11 is 0. The Labute approximate surface area is 167 Å². The summed E-state index contributed by atoms with van der Waals surface area (Å²) in [4.78, 5) is 23.6. The molecule has 0 amide bonds. The fourth-order valence-electron chi connectivity index (χ4n) is 3.02. The second-order valence-corrected chi connectivity index (χ2v) is 6.16. The van der Waals surface area contributed by atoms with Crippen LogP contribution in [-0.2, 0) is 4.74 Å². The molecular formula is C21H20N2O6. The van der Waals surface area contributed by atoms with E-state index in [0.29, 0.717) is 28.4 Å². The van der Waals surface area contributed by atoms with Crippen LogP contribution < -0.4 is 9.47 Å². The monoisotopic (exact) mass is 396 g/mol. The molecule has 29 heavy (non-hydrogen) atoms. The topological polar surface area (TPSA) is 99.9 Å². The fraction of sp³-hybridized carbons (Fsp3) is 0.190. The summed E-state index contributed by atoms with van der Waals surface area (Å²) < 4.78 is 17.3. The number of carboxylic acid groups (broad SMARTS) is 1. The molecule has 0 saturated heterocycles. The van der Waals surface area contributed by atoms with E-state index >= 15 is 0 Å². The molecule has 3 aromatic rings. The number of aromatic nitrogens is 2. The Morgan fingerprint density at radius 1 is 1.00 bits per heavy atom. The molecule has 8 heteroatoms. The van der Waals surface area contributed by atoms with E-state index in [-0.39, 0.29) is 11.3 Å². The zero-order valence-corrected chi connectivity index (χ0v) is 16.4. The van der Waals surface area contributed by atoms with Crippen molar-refractivity contribution in [3.63, 3.8) is 0 Å². The molecule has 1 aromatic heterocycles. The first kappa shape index (κ1) is 19.9. The minimum absolute atomic E-state index is 0.0654. The van der Waals surface area contributed by atoms with Gasteiger partial charge in [-0.25, -0.2) is 14.3 Å². The third-order valence-corrected chi connectivity index (χ3v) is 4.47. The summed E-state index contributed by atoms with van der Waals surface area (Å²) in [7, 11) is 4.31. The van der Waals surface area contributed by atoms with Crippen LogP contribution in [0.3, 0.4) is 0 Å². The van der Waals surface area contributed by atoms with Gasteiger partial charge >= 0.3 is 11.9 Å². The molecule has 2 aromatic carbocycles. The summed E-state index contributed by atoms with van der Waals surface area (Å²) in [6, 6.07) is 11.5. The van der Waals surface area contributed by atoms with E-state index in [4.69, 9.17) is 14.2 Å². The van der Waals surface area contributed by atoms with Crippen molar-refractivity contribution in [3.8, 4) is 28.4 Å². The molecule has 0 aliphatic heterocycles. The van der Waals surface area contributed by atoms with Crippen molar-refractivity contribution in [2.24, 2.45) is 0 Å². The minimum atomic E-state index is -1.07. The molecule has 150 valence electrons. The lowest BCUT2D eigenvalue weighted by Gasteiger charge is -2.16. The molecule has 0 spiro atoms. The molecule has 0 fully saturated rings. The standard InChI is InChI=1S/C21H20N2O6/c1-12-8-9-13(20(24)25)10-15(12)23-16(11-14(22-23)21(26)29-4)19-17(27-2)6-5-7-18(19)28-3/h5-11H,1-4H3,(H,24,25). The third-order valence-electron chi connectivity index (χ3n) is 4.47. The number of aryl methyl sites for hydroxylation is 1. The first-order valence-electron chi connectivity index (χ1n) is 8.65. The molecule has 0 bridgehead atoms. The summed E-state index contributed by atoms with van der Waals surface area (Å²) in [6.07, 6.45) is 0. The highest BCUT2D eigenvalue weighted by atomic mass is 16.5. The van der Waals surface area contributed by atoms with Crippen LogP contribution in [0.1, 0.15) is 26.4 Å². The van der Waals surface area contributed by atoms with Gasteiger partial charge in [0.05, 0.1) is 43.8 Å². The molecule has 0 saturated carbocycles. The van der Waals surface area contributed by atoms with Crippen LogP contribution in [0.2, 0.25) is 0 Å². The average Bonchev–Trinajstić information content (AvgIpc) is 3.17. The van der Waals surface area contributed by atoms with E-state index in [2.05, 4.69) is 5.10 Å². The highest BCUT2D eigenvalue weighted by Crippen LogP contribution is 2.40. The molecule has 8 nitrogen and oxygen atoms in total. The lowest BCUT2D eigenvalue weighted by atomic mass is 10.1. The SMILES string of the molecule is COC(=O)c1cc(-c2c(OC)cccc2OC)n(-c2cc(C(=O)O)ccc2C)n1. The van der Waals surface area contributed by atoms with E-state index in [1.807, 2.05) is 6.92 Å². The Morgan fingerprint density at radius 2 is 1.66 bits per heavy atom. The van der Waals surface area contributed by atoms with E-state index in [0.717, 1.165) is 5.56 Å². The number of nitrogens with zero attached hydrogens (tertiary/aromatic N) is 2. The van der Waals surface area contributed by atoms with Gasteiger partial charge in [-0.15, -0.1) is 0 Å². The Bertz CT molecular complexity index is 1060. The minimum Gasteiger partial charge on any atom is -0.496 e. The van der Waals surface area contributed by atoms with Crippen molar-refractivity contribution in [3.05, 3.63) is 59.3 Å². The van der Waals surface area contributed by atoms with E-state index in [9.17, 15) is 14.7 Å². The maximum absolute atomic E-state index is 12.2. The van der Waals surface area contributed by atoms with Gasteiger partial charge < -0.3 is 19.3 Å². The van der Waals surface area contributed by atoms with Crippen LogP contribution in [-0.4, -0.2) is 48.2 Å². The lowest BCUT2D eigenvalue weighted by Crippen LogP contribution is -2.07. The van der Waals surface area contributed by atoms with Crippen LogP contribution in [0, 0.1) is 6.92 Å². The number of carbonyl (C=O) groups is 2. The molecule has 0 radical (unpaired) electrons. The number of methoxy groups -OCH3 is 3. The maximum atomic E-state index is 12.2. The van der Waals surface area contributed by atoms with Gasteiger partial charge in [-0.2, -0.15) is 5.10 Å². The van der Waals surface area contributed by atoms with Crippen molar-refractivity contribution < 1.29 is 28.9 Å². The van der Waals surface area contributed by atoms with Gasteiger partial charge in [-0.05, 0) is 42.8 Å². The predicted octanol–water partition coefficient (Wildman–Crippen LogP) is 3.35. The normalized spacial score (nSPS) is 10.5. The molecule has 0 aliphatic carbocycles. The van der Waals surface area contributed by atoms with Gasteiger partial charge in [-0.1, -0.05) is 12.1 Å². The van der Waals surface area contributed by atoms with E-state index < -0.39 is 11.9 Å². The Morgan fingerprint density at radius 3 is 2.21 bits per heavy atom. The van der Waals surface area contributed by atoms with Gasteiger partial charge in [0.25, 0.3) is 0 Å². The number of hydrogen-bond acceptors (Lipinski definition) is 6. The van der Waals surface area contributed by atoms with Crippen LogP contribution in [0.25, 0.3) is 16.9 Å². The van der Waals surface area contributed by atoms with Gasteiger partial charge in [0.1, 0.15) is 11.5 Å². The first-order valence-corrected chi connectivity index (χ1v) is 8.65. The summed E-state index contributed by atoms with van der Waals surface area (Å²) in [5.41, 5.74) is 2.49. The smallest absolute Gasteiger partial charge is 0.358 e. The Kier molecular flexibility index (Phi) is 5.54. The Hall–Kier alpha value is -3.81. The molecule has 1 heterocycles. The number of carboxylic acids is 1. The van der Waals surface area contributed by atoms with Crippen molar-refractivity contribution in [1.82, 2.24) is 9.78 Å². The largest absolute Gasteiger partial charge is 0.496 e. The van der Waals surface area contributed by atoms with E-state index in [1.54, 1.807) is 30.3 Å². The van der Waals surface area contributed by atoms with Crippen LogP contribution >= 0.6 is 0 Å². The summed E-state index contributed by atoms with van der Waals surface area (Å²) in [5, 5.41) is 13.8. The second-order valence-electron chi connectivity index (χ2n) is 6.16. The van der Waals surface area contributed by atoms with Gasteiger partial charge in [0.15, 0.2) is 5.69 Å². The van der Waals surface area contributed by atoms with Crippen LogP contribution in [0.4, 0.5) is 0 Å². The van der Waals surface area contributed by atoms with E-state index in [1.165, 1.54) is 38.1 Å². The number of ether oxygens (including phenoxy) is 3. The third kappa shape index (κ3) is 3.64. The second kappa shape index (κ2) is 8.05. The van der Waals surface area contributed by atoms with Crippen molar-refractivity contribution >= 4 is 11.9 Å². The van der Waals surface area contributed by atoms with Gasteiger partial charge in [0.2, 0.25) is 0 Å².